The molecule has 0 spiro atoms. The van der Waals surface area contributed by atoms with E-state index in [-0.39, 0.29) is 6.04 Å². The molecule has 1 aromatic heterocycles. The van der Waals surface area contributed by atoms with Crippen LogP contribution in [0.1, 0.15) is 6.04 Å². The van der Waals surface area contributed by atoms with Gasteiger partial charge in [0.15, 0.2) is 0 Å². The Kier molecular flexibility index (Phi) is 2.16. The standard InChI is InChI=1S/C7H9BrN2O2/c8-5-1-9-10(2-5)6-3-12-4-7(6)11/h1-2,6-7,11H,3-4H2/t6-,7+/m1/s1. The van der Waals surface area contributed by atoms with Gasteiger partial charge in [0.05, 0.1) is 23.9 Å². The lowest BCUT2D eigenvalue weighted by atomic mass is 10.2. The molecule has 5 heteroatoms. The summed E-state index contributed by atoms with van der Waals surface area (Å²) in [4.78, 5) is 0. The summed E-state index contributed by atoms with van der Waals surface area (Å²) in [5.74, 6) is 0. The molecule has 2 heterocycles. The Hall–Kier alpha value is -0.390. The van der Waals surface area contributed by atoms with Gasteiger partial charge in [0.1, 0.15) is 12.1 Å². The second-order valence-electron chi connectivity index (χ2n) is 2.81. The number of hydrogen-bond donors (Lipinski definition) is 1. The van der Waals surface area contributed by atoms with Gasteiger partial charge in [-0.2, -0.15) is 5.10 Å². The molecule has 0 unspecified atom stereocenters. The van der Waals surface area contributed by atoms with E-state index in [1.54, 1.807) is 10.9 Å². The minimum atomic E-state index is -0.434. The van der Waals surface area contributed by atoms with Crippen molar-refractivity contribution in [2.45, 2.75) is 12.1 Å². The first-order valence-corrected chi connectivity index (χ1v) is 4.52. The van der Waals surface area contributed by atoms with Crippen LogP contribution in [-0.4, -0.2) is 34.2 Å². The van der Waals surface area contributed by atoms with Crippen LogP contribution in [0.4, 0.5) is 0 Å². The minimum absolute atomic E-state index is 0.0312. The van der Waals surface area contributed by atoms with Crippen molar-refractivity contribution < 1.29 is 9.84 Å². The lowest BCUT2D eigenvalue weighted by Gasteiger charge is -2.11. The van der Waals surface area contributed by atoms with E-state index in [2.05, 4.69) is 21.0 Å². The van der Waals surface area contributed by atoms with Crippen LogP contribution in [0.15, 0.2) is 16.9 Å². The Morgan fingerprint density at radius 1 is 1.67 bits per heavy atom. The van der Waals surface area contributed by atoms with Gasteiger partial charge in [0.2, 0.25) is 0 Å². The summed E-state index contributed by atoms with van der Waals surface area (Å²) in [7, 11) is 0. The summed E-state index contributed by atoms with van der Waals surface area (Å²) < 4.78 is 7.75. The van der Waals surface area contributed by atoms with Crippen molar-refractivity contribution in [1.29, 1.82) is 0 Å². The number of halogens is 1. The summed E-state index contributed by atoms with van der Waals surface area (Å²) in [6.07, 6.45) is 3.10. The molecule has 2 atom stereocenters. The smallest absolute Gasteiger partial charge is 0.103 e. The molecule has 66 valence electrons. The highest BCUT2D eigenvalue weighted by molar-refractivity contribution is 9.10. The monoisotopic (exact) mass is 232 g/mol. The number of aromatic nitrogens is 2. The predicted molar refractivity (Wildman–Crippen MR) is 45.8 cm³/mol. The largest absolute Gasteiger partial charge is 0.388 e. The van der Waals surface area contributed by atoms with Crippen LogP contribution < -0.4 is 0 Å². The average Bonchev–Trinajstić information content (AvgIpc) is 2.58. The zero-order valence-electron chi connectivity index (χ0n) is 6.35. The topological polar surface area (TPSA) is 47.3 Å². The van der Waals surface area contributed by atoms with Crippen molar-refractivity contribution in [3.63, 3.8) is 0 Å². The lowest BCUT2D eigenvalue weighted by molar-refractivity contribution is 0.118. The van der Waals surface area contributed by atoms with Gasteiger partial charge < -0.3 is 9.84 Å². The fourth-order valence-electron chi connectivity index (χ4n) is 1.28. The van der Waals surface area contributed by atoms with Gasteiger partial charge >= 0.3 is 0 Å². The minimum Gasteiger partial charge on any atom is -0.388 e. The number of nitrogens with zero attached hydrogens (tertiary/aromatic N) is 2. The molecule has 1 aromatic rings. The summed E-state index contributed by atoms with van der Waals surface area (Å²) in [6, 6.07) is -0.0312. The second-order valence-corrected chi connectivity index (χ2v) is 3.73. The third kappa shape index (κ3) is 1.39. The van der Waals surface area contributed by atoms with Crippen LogP contribution in [0.5, 0.6) is 0 Å². The highest BCUT2D eigenvalue weighted by Gasteiger charge is 2.28. The molecule has 1 fully saturated rings. The average molecular weight is 233 g/mol. The molecular formula is C7H9BrN2O2. The molecule has 1 saturated heterocycles. The zero-order chi connectivity index (χ0) is 8.55. The fourth-order valence-corrected chi connectivity index (χ4v) is 1.58. The van der Waals surface area contributed by atoms with Crippen LogP contribution in [0.3, 0.4) is 0 Å². The number of ether oxygens (including phenoxy) is 1. The van der Waals surface area contributed by atoms with E-state index in [0.29, 0.717) is 13.2 Å². The number of aliphatic hydroxyl groups is 1. The molecule has 1 aliphatic rings. The maximum atomic E-state index is 9.45. The Morgan fingerprint density at radius 2 is 2.50 bits per heavy atom. The molecule has 4 nitrogen and oxygen atoms in total. The molecule has 0 saturated carbocycles. The Morgan fingerprint density at radius 3 is 3.00 bits per heavy atom. The molecule has 0 aromatic carbocycles. The molecule has 2 rings (SSSR count). The third-order valence-electron chi connectivity index (χ3n) is 1.93. The molecule has 12 heavy (non-hydrogen) atoms. The maximum Gasteiger partial charge on any atom is 0.103 e. The highest BCUT2D eigenvalue weighted by atomic mass is 79.9. The van der Waals surface area contributed by atoms with E-state index >= 15 is 0 Å². The quantitative estimate of drug-likeness (QED) is 0.771. The van der Waals surface area contributed by atoms with Crippen LogP contribution >= 0.6 is 15.9 Å². The van der Waals surface area contributed by atoms with Crippen molar-refractivity contribution in [2.24, 2.45) is 0 Å². The van der Waals surface area contributed by atoms with Crippen LogP contribution in [0, 0.1) is 0 Å². The number of aliphatic hydroxyl groups excluding tert-OH is 1. The van der Waals surface area contributed by atoms with Gasteiger partial charge in [-0.25, -0.2) is 0 Å². The van der Waals surface area contributed by atoms with Crippen LogP contribution in [0.2, 0.25) is 0 Å². The molecule has 1 aliphatic heterocycles. The number of rotatable bonds is 1. The van der Waals surface area contributed by atoms with Gasteiger partial charge in [-0.15, -0.1) is 0 Å². The van der Waals surface area contributed by atoms with Crippen molar-refractivity contribution in [2.75, 3.05) is 13.2 Å². The molecule has 0 radical (unpaired) electrons. The van der Waals surface area contributed by atoms with Crippen LogP contribution in [-0.2, 0) is 4.74 Å². The summed E-state index contributed by atoms with van der Waals surface area (Å²) in [5.41, 5.74) is 0. The van der Waals surface area contributed by atoms with E-state index in [1.165, 1.54) is 0 Å². The van der Waals surface area contributed by atoms with Gasteiger partial charge in [-0.3, -0.25) is 4.68 Å². The summed E-state index contributed by atoms with van der Waals surface area (Å²) >= 11 is 3.29. The normalized spacial score (nSPS) is 29.5. The first kappa shape index (κ1) is 8.22. The third-order valence-corrected chi connectivity index (χ3v) is 2.34. The molecule has 1 N–H and O–H groups in total. The van der Waals surface area contributed by atoms with Gasteiger partial charge in [-0.1, -0.05) is 0 Å². The molecular weight excluding hydrogens is 224 g/mol. The molecule has 0 bridgehead atoms. The number of hydrogen-bond acceptors (Lipinski definition) is 3. The van der Waals surface area contributed by atoms with Crippen molar-refractivity contribution in [1.82, 2.24) is 9.78 Å². The van der Waals surface area contributed by atoms with Crippen LogP contribution in [0.25, 0.3) is 0 Å². The van der Waals surface area contributed by atoms with E-state index in [4.69, 9.17) is 4.74 Å². The van der Waals surface area contributed by atoms with Gasteiger partial charge in [-0.05, 0) is 15.9 Å². The first-order valence-electron chi connectivity index (χ1n) is 3.73. The van der Waals surface area contributed by atoms with E-state index in [9.17, 15) is 5.11 Å². The van der Waals surface area contributed by atoms with E-state index in [1.807, 2.05) is 6.20 Å². The van der Waals surface area contributed by atoms with Gasteiger partial charge in [0, 0.05) is 6.20 Å². The molecule has 0 amide bonds. The van der Waals surface area contributed by atoms with Gasteiger partial charge in [0.25, 0.3) is 0 Å². The lowest BCUT2D eigenvalue weighted by Crippen LogP contribution is -2.22. The maximum absolute atomic E-state index is 9.45. The van der Waals surface area contributed by atoms with Crippen molar-refractivity contribution >= 4 is 15.9 Å². The Bertz CT molecular complexity index is 276. The Labute approximate surface area is 78.3 Å². The first-order chi connectivity index (χ1) is 5.77. The second kappa shape index (κ2) is 3.16. The predicted octanol–water partition coefficient (Wildman–Crippen LogP) is 0.578. The molecule has 0 aliphatic carbocycles. The van der Waals surface area contributed by atoms with Crippen molar-refractivity contribution in [3.05, 3.63) is 16.9 Å². The summed E-state index contributed by atoms with van der Waals surface area (Å²) in [5, 5.41) is 13.5. The fraction of sp³-hybridized carbons (Fsp3) is 0.571. The van der Waals surface area contributed by atoms with Crippen molar-refractivity contribution in [3.8, 4) is 0 Å². The SMILES string of the molecule is O[C@H]1COC[C@H]1n1cc(Br)cn1. The van der Waals surface area contributed by atoms with E-state index in [0.717, 1.165) is 4.47 Å². The zero-order valence-corrected chi connectivity index (χ0v) is 7.94. The highest BCUT2D eigenvalue weighted by Crippen LogP contribution is 2.20. The van der Waals surface area contributed by atoms with E-state index < -0.39 is 6.10 Å². The Balaban J connectivity index is 2.19. The summed E-state index contributed by atoms with van der Waals surface area (Å²) in [6.45, 7) is 0.942.